The second-order valence-electron chi connectivity index (χ2n) is 6.05. The maximum atomic E-state index is 12.3. The molecule has 0 aromatic heterocycles. The van der Waals surface area contributed by atoms with Crippen molar-refractivity contribution in [3.8, 4) is 0 Å². The van der Waals surface area contributed by atoms with Gasteiger partial charge in [0.15, 0.2) is 0 Å². The van der Waals surface area contributed by atoms with Gasteiger partial charge in [0.1, 0.15) is 0 Å². The average molecular weight is 329 g/mol. The van der Waals surface area contributed by atoms with Gasteiger partial charge in [-0.3, -0.25) is 24.1 Å². The zero-order chi connectivity index (χ0) is 17.1. The minimum absolute atomic E-state index is 0.0160. The maximum absolute atomic E-state index is 12.3. The largest absolute Gasteiger partial charge is 0.352 e. The van der Waals surface area contributed by atoms with E-state index in [1.807, 2.05) is 0 Å². The van der Waals surface area contributed by atoms with Gasteiger partial charge in [0.25, 0.3) is 5.91 Å². The molecule has 7 heteroatoms. The second-order valence-corrected chi connectivity index (χ2v) is 6.05. The molecule has 1 saturated carbocycles. The van der Waals surface area contributed by atoms with Crippen LogP contribution in [-0.4, -0.2) is 47.7 Å². The van der Waals surface area contributed by atoms with Gasteiger partial charge in [0, 0.05) is 24.6 Å². The van der Waals surface area contributed by atoms with Crippen LogP contribution < -0.4 is 10.6 Å². The van der Waals surface area contributed by atoms with E-state index in [1.54, 1.807) is 24.3 Å². The third-order valence-electron chi connectivity index (χ3n) is 4.09. The van der Waals surface area contributed by atoms with Crippen molar-refractivity contribution in [2.75, 3.05) is 13.1 Å². The molecule has 1 aliphatic heterocycles. The Kier molecular flexibility index (Phi) is 4.59. The predicted molar refractivity (Wildman–Crippen MR) is 85.0 cm³/mol. The Morgan fingerprint density at radius 3 is 2.62 bits per heavy atom. The predicted octanol–water partition coefficient (Wildman–Crippen LogP) is -0.00360. The number of fused-ring (bicyclic) bond motifs is 1. The molecular weight excluding hydrogens is 310 g/mol. The van der Waals surface area contributed by atoms with Crippen molar-refractivity contribution < 1.29 is 19.2 Å². The van der Waals surface area contributed by atoms with Crippen molar-refractivity contribution in [3.05, 3.63) is 35.4 Å². The molecule has 1 heterocycles. The van der Waals surface area contributed by atoms with Crippen LogP contribution in [0.4, 0.5) is 0 Å². The summed E-state index contributed by atoms with van der Waals surface area (Å²) in [6.45, 7) is -0.0673. The lowest BCUT2D eigenvalue weighted by molar-refractivity contribution is -0.130. The number of carbonyl (C=O) groups is 4. The number of amides is 4. The van der Waals surface area contributed by atoms with Crippen LogP contribution in [0.25, 0.3) is 0 Å². The number of imide groups is 1. The summed E-state index contributed by atoms with van der Waals surface area (Å²) in [7, 11) is 0. The van der Waals surface area contributed by atoms with E-state index in [0.717, 1.165) is 17.7 Å². The van der Waals surface area contributed by atoms with E-state index in [9.17, 15) is 19.2 Å². The first-order chi connectivity index (χ1) is 11.5. The molecule has 1 aromatic carbocycles. The molecule has 126 valence electrons. The topological polar surface area (TPSA) is 95.6 Å². The Labute approximate surface area is 139 Å². The number of benzene rings is 1. The summed E-state index contributed by atoms with van der Waals surface area (Å²) in [5.41, 5.74) is 1.21. The number of nitrogens with zero attached hydrogens (tertiary/aromatic N) is 1. The molecule has 7 nitrogen and oxygen atoms in total. The van der Waals surface area contributed by atoms with Gasteiger partial charge >= 0.3 is 0 Å². The van der Waals surface area contributed by atoms with E-state index < -0.39 is 0 Å². The molecular formula is C17H19N3O4. The van der Waals surface area contributed by atoms with Gasteiger partial charge < -0.3 is 10.6 Å². The minimum atomic E-state index is -0.374. The minimum Gasteiger partial charge on any atom is -0.352 e. The molecule has 1 aromatic rings. The fourth-order valence-corrected chi connectivity index (χ4v) is 2.61. The van der Waals surface area contributed by atoms with Crippen molar-refractivity contribution >= 4 is 23.6 Å². The molecule has 24 heavy (non-hydrogen) atoms. The quantitative estimate of drug-likeness (QED) is 0.718. The van der Waals surface area contributed by atoms with Gasteiger partial charge in [0.05, 0.1) is 13.0 Å². The van der Waals surface area contributed by atoms with Crippen LogP contribution in [0.2, 0.25) is 0 Å². The maximum Gasteiger partial charge on any atom is 0.260 e. The highest BCUT2D eigenvalue weighted by molar-refractivity contribution is 6.09. The summed E-state index contributed by atoms with van der Waals surface area (Å²) in [5.74, 6) is -1.26. The first-order valence-electron chi connectivity index (χ1n) is 8.03. The molecule has 0 bridgehead atoms. The molecule has 2 aliphatic rings. The average Bonchev–Trinajstić information content (AvgIpc) is 3.36. The summed E-state index contributed by atoms with van der Waals surface area (Å²) >= 11 is 0. The first-order valence-corrected chi connectivity index (χ1v) is 8.03. The van der Waals surface area contributed by atoms with E-state index in [1.165, 1.54) is 0 Å². The summed E-state index contributed by atoms with van der Waals surface area (Å²) in [6, 6.07) is 7.22. The van der Waals surface area contributed by atoms with Gasteiger partial charge in [0.2, 0.25) is 17.7 Å². The molecule has 1 aliphatic carbocycles. The highest BCUT2D eigenvalue weighted by Crippen LogP contribution is 2.20. The Morgan fingerprint density at radius 2 is 1.88 bits per heavy atom. The van der Waals surface area contributed by atoms with E-state index in [2.05, 4.69) is 10.6 Å². The van der Waals surface area contributed by atoms with E-state index in [-0.39, 0.29) is 55.6 Å². The van der Waals surface area contributed by atoms with Crippen molar-refractivity contribution in [2.45, 2.75) is 31.7 Å². The SMILES string of the molecule is O=C(CCN1C(=O)Cc2ccccc2C1=O)NCC(=O)NC1CC1. The number of hydrogen-bond donors (Lipinski definition) is 2. The Balaban J connectivity index is 1.48. The van der Waals surface area contributed by atoms with Gasteiger partial charge in [-0.15, -0.1) is 0 Å². The van der Waals surface area contributed by atoms with Crippen molar-refractivity contribution in [1.29, 1.82) is 0 Å². The number of nitrogens with one attached hydrogen (secondary N) is 2. The van der Waals surface area contributed by atoms with Crippen LogP contribution in [0, 0.1) is 0 Å². The first kappa shape index (κ1) is 16.2. The smallest absolute Gasteiger partial charge is 0.260 e. The molecule has 0 radical (unpaired) electrons. The monoisotopic (exact) mass is 329 g/mol. The van der Waals surface area contributed by atoms with Crippen LogP contribution in [0.1, 0.15) is 35.2 Å². The molecule has 0 saturated heterocycles. The van der Waals surface area contributed by atoms with Gasteiger partial charge in [-0.05, 0) is 24.5 Å². The van der Waals surface area contributed by atoms with Gasteiger partial charge in [-0.25, -0.2) is 0 Å². The van der Waals surface area contributed by atoms with Crippen molar-refractivity contribution in [1.82, 2.24) is 15.5 Å². The summed E-state index contributed by atoms with van der Waals surface area (Å²) in [4.78, 5) is 48.8. The van der Waals surface area contributed by atoms with Crippen LogP contribution in [0.15, 0.2) is 24.3 Å². The fourth-order valence-electron chi connectivity index (χ4n) is 2.61. The lowest BCUT2D eigenvalue weighted by Gasteiger charge is -2.26. The van der Waals surface area contributed by atoms with Crippen LogP contribution in [0.5, 0.6) is 0 Å². The van der Waals surface area contributed by atoms with Crippen molar-refractivity contribution in [2.24, 2.45) is 0 Å². The van der Waals surface area contributed by atoms with Crippen LogP contribution >= 0.6 is 0 Å². The Morgan fingerprint density at radius 1 is 1.12 bits per heavy atom. The molecule has 2 N–H and O–H groups in total. The summed E-state index contributed by atoms with van der Waals surface area (Å²) < 4.78 is 0. The van der Waals surface area contributed by atoms with E-state index in [4.69, 9.17) is 0 Å². The number of rotatable bonds is 6. The number of hydrogen-bond acceptors (Lipinski definition) is 4. The Hall–Kier alpha value is -2.70. The highest BCUT2D eigenvalue weighted by atomic mass is 16.2. The third-order valence-corrected chi connectivity index (χ3v) is 4.09. The lowest BCUT2D eigenvalue weighted by atomic mass is 9.98. The van der Waals surface area contributed by atoms with E-state index in [0.29, 0.717) is 11.1 Å². The lowest BCUT2D eigenvalue weighted by Crippen LogP contribution is -2.44. The molecule has 1 fully saturated rings. The fraction of sp³-hybridized carbons (Fsp3) is 0.412. The zero-order valence-electron chi connectivity index (χ0n) is 13.2. The van der Waals surface area contributed by atoms with Gasteiger partial charge in [-0.2, -0.15) is 0 Å². The zero-order valence-corrected chi connectivity index (χ0v) is 13.2. The Bertz CT molecular complexity index is 697. The standard InChI is InChI=1S/C17H19N3O4/c21-14(18-10-15(22)19-12-5-6-12)7-8-20-16(23)9-11-3-1-2-4-13(11)17(20)24/h1-4,12H,5-10H2,(H,18,21)(H,19,22). The number of carbonyl (C=O) groups excluding carboxylic acids is 4. The summed E-state index contributed by atoms with van der Waals surface area (Å²) in [6.07, 6.45) is 2.12. The van der Waals surface area contributed by atoms with Gasteiger partial charge in [-0.1, -0.05) is 18.2 Å². The third kappa shape index (κ3) is 3.79. The highest BCUT2D eigenvalue weighted by Gasteiger charge is 2.30. The molecule has 0 atom stereocenters. The molecule has 4 amide bonds. The second kappa shape index (κ2) is 6.82. The van der Waals surface area contributed by atoms with Crippen LogP contribution in [-0.2, 0) is 20.8 Å². The molecule has 0 unspecified atom stereocenters. The van der Waals surface area contributed by atoms with E-state index >= 15 is 0 Å². The summed E-state index contributed by atoms with van der Waals surface area (Å²) in [5, 5.41) is 5.27. The molecule has 0 spiro atoms. The molecule has 3 rings (SSSR count). The van der Waals surface area contributed by atoms with Crippen molar-refractivity contribution in [3.63, 3.8) is 0 Å². The van der Waals surface area contributed by atoms with Crippen LogP contribution in [0.3, 0.4) is 0 Å². The normalized spacial score (nSPS) is 16.6.